The molecule has 1 atom stereocenters. The number of rotatable bonds is 4. The quantitative estimate of drug-likeness (QED) is 0.362. The molecule has 1 unspecified atom stereocenters. The molecule has 0 saturated carbocycles. The van der Waals surface area contributed by atoms with Gasteiger partial charge in [0.25, 0.3) is 11.5 Å². The summed E-state index contributed by atoms with van der Waals surface area (Å²) in [7, 11) is 1.66. The number of fused-ring (bicyclic) bond motifs is 2. The summed E-state index contributed by atoms with van der Waals surface area (Å²) in [5.74, 6) is -0.259. The number of hydrogen-bond acceptors (Lipinski definition) is 3. The molecule has 168 valence electrons. The van der Waals surface area contributed by atoms with Gasteiger partial charge in [-0.2, -0.15) is 0 Å². The number of para-hydroxylation sites is 1. The molecular formula is C28H22FN3O2. The largest absolute Gasteiger partial charge is 0.332 e. The summed E-state index contributed by atoms with van der Waals surface area (Å²) < 4.78 is 14.9. The predicted molar refractivity (Wildman–Crippen MR) is 132 cm³/mol. The zero-order chi connectivity index (χ0) is 23.8. The van der Waals surface area contributed by atoms with Gasteiger partial charge in [-0.1, -0.05) is 42.5 Å². The van der Waals surface area contributed by atoms with Gasteiger partial charge in [-0.25, -0.2) is 9.37 Å². The van der Waals surface area contributed by atoms with Crippen molar-refractivity contribution in [2.45, 2.75) is 13.0 Å². The molecule has 0 N–H and O–H groups in total. The van der Waals surface area contributed by atoms with Gasteiger partial charge in [0.2, 0.25) is 0 Å². The van der Waals surface area contributed by atoms with E-state index in [1.54, 1.807) is 23.7 Å². The lowest BCUT2D eigenvalue weighted by Crippen LogP contribution is -2.34. The van der Waals surface area contributed by atoms with Crippen molar-refractivity contribution < 1.29 is 9.18 Å². The van der Waals surface area contributed by atoms with E-state index in [0.29, 0.717) is 28.0 Å². The number of halogens is 1. The highest BCUT2D eigenvalue weighted by Crippen LogP contribution is 2.25. The number of hydrogen-bond donors (Lipinski definition) is 0. The van der Waals surface area contributed by atoms with Crippen molar-refractivity contribution in [2.75, 3.05) is 7.05 Å². The molecule has 0 saturated heterocycles. The van der Waals surface area contributed by atoms with E-state index in [2.05, 4.69) is 0 Å². The van der Waals surface area contributed by atoms with Crippen LogP contribution < -0.4 is 5.56 Å². The molecule has 34 heavy (non-hydrogen) atoms. The van der Waals surface area contributed by atoms with Gasteiger partial charge in [0.05, 0.1) is 22.6 Å². The highest BCUT2D eigenvalue weighted by Gasteiger charge is 2.25. The van der Waals surface area contributed by atoms with Gasteiger partial charge in [0.15, 0.2) is 0 Å². The summed E-state index contributed by atoms with van der Waals surface area (Å²) in [6.07, 6.45) is 0. The van der Waals surface area contributed by atoms with Gasteiger partial charge < -0.3 is 4.90 Å². The maximum absolute atomic E-state index is 13.7. The highest BCUT2D eigenvalue weighted by atomic mass is 19.1. The van der Waals surface area contributed by atoms with Crippen LogP contribution in [0.3, 0.4) is 0 Å². The molecule has 1 heterocycles. The van der Waals surface area contributed by atoms with Crippen LogP contribution in [-0.4, -0.2) is 27.4 Å². The summed E-state index contributed by atoms with van der Waals surface area (Å²) >= 11 is 0. The van der Waals surface area contributed by atoms with Crippen molar-refractivity contribution in [3.8, 4) is 5.69 Å². The van der Waals surface area contributed by atoms with Gasteiger partial charge >= 0.3 is 0 Å². The molecule has 0 aliphatic rings. The molecule has 0 fully saturated rings. The fourth-order valence-electron chi connectivity index (χ4n) is 4.14. The van der Waals surface area contributed by atoms with Gasteiger partial charge in [-0.3, -0.25) is 14.2 Å². The maximum Gasteiger partial charge on any atom is 0.266 e. The second-order valence-corrected chi connectivity index (χ2v) is 8.26. The summed E-state index contributed by atoms with van der Waals surface area (Å²) in [6.45, 7) is 1.83. The van der Waals surface area contributed by atoms with Crippen LogP contribution in [0, 0.1) is 5.82 Å². The summed E-state index contributed by atoms with van der Waals surface area (Å²) in [5, 5.41) is 2.56. The van der Waals surface area contributed by atoms with Gasteiger partial charge in [-0.15, -0.1) is 0 Å². The summed E-state index contributed by atoms with van der Waals surface area (Å²) in [5.41, 5.74) is 1.39. The molecule has 6 heteroatoms. The van der Waals surface area contributed by atoms with Gasteiger partial charge in [0, 0.05) is 12.6 Å². The van der Waals surface area contributed by atoms with E-state index >= 15 is 0 Å². The minimum Gasteiger partial charge on any atom is -0.332 e. The van der Waals surface area contributed by atoms with Crippen molar-refractivity contribution in [3.05, 3.63) is 119 Å². The highest BCUT2D eigenvalue weighted by molar-refractivity contribution is 5.94. The lowest BCUT2D eigenvalue weighted by molar-refractivity contribution is 0.0735. The summed E-state index contributed by atoms with van der Waals surface area (Å²) in [4.78, 5) is 33.1. The van der Waals surface area contributed by atoms with Crippen LogP contribution in [0.15, 0.2) is 95.8 Å². The average Bonchev–Trinajstić information content (AvgIpc) is 2.87. The molecule has 0 bridgehead atoms. The first-order chi connectivity index (χ1) is 16.4. The van der Waals surface area contributed by atoms with E-state index in [1.165, 1.54) is 29.2 Å². The molecule has 5 rings (SSSR count). The monoisotopic (exact) mass is 451 g/mol. The molecule has 0 radical (unpaired) electrons. The number of carbonyl (C=O) groups is 1. The number of benzene rings is 4. The lowest BCUT2D eigenvalue weighted by atomic mass is 10.1. The topological polar surface area (TPSA) is 55.2 Å². The Labute approximate surface area is 195 Å². The summed E-state index contributed by atoms with van der Waals surface area (Å²) in [6, 6.07) is 25.8. The van der Waals surface area contributed by atoms with Crippen molar-refractivity contribution >= 4 is 27.6 Å². The van der Waals surface area contributed by atoms with E-state index in [4.69, 9.17) is 4.98 Å². The van der Waals surface area contributed by atoms with Crippen LogP contribution in [0.4, 0.5) is 4.39 Å². The Hall–Kier alpha value is -4.32. The maximum atomic E-state index is 13.7. The van der Waals surface area contributed by atoms with E-state index in [1.807, 2.05) is 61.5 Å². The SMILES string of the molecule is CC(c1nc2ccccc2c(=O)n1-c1ccc2ccccc2c1)N(C)C(=O)c1ccc(F)cc1. The number of carbonyl (C=O) groups excluding carboxylic acids is 1. The zero-order valence-electron chi connectivity index (χ0n) is 18.8. The van der Waals surface area contributed by atoms with E-state index < -0.39 is 11.9 Å². The molecule has 0 aliphatic heterocycles. The Morgan fingerprint density at radius 3 is 2.35 bits per heavy atom. The van der Waals surface area contributed by atoms with Crippen molar-refractivity contribution in [1.29, 1.82) is 0 Å². The fraction of sp³-hybridized carbons (Fsp3) is 0.107. The van der Waals surface area contributed by atoms with Crippen LogP contribution >= 0.6 is 0 Å². The Kier molecular flexibility index (Phi) is 5.42. The van der Waals surface area contributed by atoms with Crippen molar-refractivity contribution in [3.63, 3.8) is 0 Å². The van der Waals surface area contributed by atoms with Crippen molar-refractivity contribution in [2.24, 2.45) is 0 Å². The third kappa shape index (κ3) is 3.73. The van der Waals surface area contributed by atoms with Gasteiger partial charge in [0.1, 0.15) is 11.6 Å². The van der Waals surface area contributed by atoms with Crippen LogP contribution in [0.2, 0.25) is 0 Å². The van der Waals surface area contributed by atoms with Crippen LogP contribution in [-0.2, 0) is 0 Å². The number of aromatic nitrogens is 2. The Balaban J connectivity index is 1.68. The molecule has 0 spiro atoms. The number of amides is 1. The Bertz CT molecular complexity index is 1590. The normalized spacial score (nSPS) is 12.1. The standard InChI is InChI=1S/C28H22FN3O2/c1-18(31(2)27(33)20-11-14-22(29)15-12-20)26-30-25-10-6-5-9-24(25)28(34)32(26)23-16-13-19-7-3-4-8-21(19)17-23/h3-18H,1-2H3. The molecule has 4 aromatic carbocycles. The second kappa shape index (κ2) is 8.56. The van der Waals surface area contributed by atoms with Crippen LogP contribution in [0.5, 0.6) is 0 Å². The zero-order valence-corrected chi connectivity index (χ0v) is 18.8. The van der Waals surface area contributed by atoms with Crippen LogP contribution in [0.1, 0.15) is 29.1 Å². The van der Waals surface area contributed by atoms with E-state index in [9.17, 15) is 14.0 Å². The van der Waals surface area contributed by atoms with E-state index in [0.717, 1.165) is 10.8 Å². The molecule has 0 aliphatic carbocycles. The minimum atomic E-state index is -0.540. The molecule has 5 aromatic rings. The Morgan fingerprint density at radius 2 is 1.59 bits per heavy atom. The average molecular weight is 452 g/mol. The molecule has 1 amide bonds. The lowest BCUT2D eigenvalue weighted by Gasteiger charge is -2.27. The first kappa shape index (κ1) is 21.5. The van der Waals surface area contributed by atoms with E-state index in [-0.39, 0.29) is 11.5 Å². The number of nitrogens with zero attached hydrogens (tertiary/aromatic N) is 3. The first-order valence-electron chi connectivity index (χ1n) is 11.0. The predicted octanol–water partition coefficient (Wildman–Crippen LogP) is 5.51. The van der Waals surface area contributed by atoms with Crippen LogP contribution in [0.25, 0.3) is 27.4 Å². The molecular weight excluding hydrogens is 429 g/mol. The smallest absolute Gasteiger partial charge is 0.266 e. The Morgan fingerprint density at radius 1 is 0.912 bits per heavy atom. The third-order valence-corrected chi connectivity index (χ3v) is 6.16. The second-order valence-electron chi connectivity index (χ2n) is 8.26. The third-order valence-electron chi connectivity index (χ3n) is 6.16. The molecule has 5 nitrogen and oxygen atoms in total. The van der Waals surface area contributed by atoms with Crippen molar-refractivity contribution in [1.82, 2.24) is 14.5 Å². The fourth-order valence-corrected chi connectivity index (χ4v) is 4.14. The first-order valence-corrected chi connectivity index (χ1v) is 11.0. The van der Waals surface area contributed by atoms with Gasteiger partial charge in [-0.05, 0) is 66.2 Å². The minimum absolute atomic E-state index is 0.203. The molecule has 1 aromatic heterocycles.